The number of nitrogens with zero attached hydrogens (tertiary/aromatic N) is 5. The Morgan fingerprint density at radius 2 is 1.35 bits per heavy atom. The van der Waals surface area contributed by atoms with Crippen LogP contribution >= 0.6 is 11.6 Å². The van der Waals surface area contributed by atoms with Gasteiger partial charge in [-0.15, -0.1) is 0 Å². The molecule has 348 valence electrons. The molecular formula is C47H58ClN5O11Si. The third-order valence-electron chi connectivity index (χ3n) is 11.1. The predicted octanol–water partition coefficient (Wildman–Crippen LogP) is 10.5. The predicted molar refractivity (Wildman–Crippen MR) is 246 cm³/mol. The monoisotopic (exact) mass is 931 g/mol. The van der Waals surface area contributed by atoms with Crippen LogP contribution in [0.1, 0.15) is 85.2 Å². The first-order valence-corrected chi connectivity index (χ1v) is 24.4. The normalized spacial score (nSPS) is 18.3. The minimum atomic E-state index is -2.78. The Morgan fingerprint density at radius 1 is 0.800 bits per heavy atom. The van der Waals surface area contributed by atoms with E-state index in [2.05, 4.69) is 35.7 Å². The summed E-state index contributed by atoms with van der Waals surface area (Å²) in [6.07, 6.45) is -7.02. The number of carbonyl (C=O) groups excluding carboxylic acids is 2. The molecule has 1 N–H and O–H groups in total. The molecule has 1 fully saturated rings. The van der Waals surface area contributed by atoms with Crippen LogP contribution < -0.4 is 9.64 Å². The molecule has 1 aliphatic heterocycles. The van der Waals surface area contributed by atoms with E-state index in [1.54, 1.807) is 48.7 Å². The number of hydrogen-bond acceptors (Lipinski definition) is 13. The van der Waals surface area contributed by atoms with Gasteiger partial charge in [-0.1, -0.05) is 93.6 Å². The van der Waals surface area contributed by atoms with Crippen molar-refractivity contribution in [3.63, 3.8) is 0 Å². The summed E-state index contributed by atoms with van der Waals surface area (Å²) in [4.78, 5) is 53.3. The van der Waals surface area contributed by atoms with Crippen LogP contribution in [-0.4, -0.2) is 94.5 Å². The Labute approximate surface area is 385 Å². The topological polar surface area (TPSA) is 183 Å². The Morgan fingerprint density at radius 3 is 1.86 bits per heavy atom. The molecule has 18 heteroatoms. The van der Waals surface area contributed by atoms with Crippen molar-refractivity contribution in [2.75, 3.05) is 18.6 Å². The van der Waals surface area contributed by atoms with Gasteiger partial charge in [-0.2, -0.15) is 14.9 Å². The van der Waals surface area contributed by atoms with E-state index in [0.29, 0.717) is 10.6 Å². The quantitative estimate of drug-likeness (QED) is 0.0539. The number of rotatable bonds is 12. The van der Waals surface area contributed by atoms with Crippen LogP contribution in [-0.2, 0) is 33.7 Å². The number of imide groups is 1. The Kier molecular flexibility index (Phi) is 14.1. The van der Waals surface area contributed by atoms with Gasteiger partial charge in [-0.3, -0.25) is 4.57 Å². The number of carbonyl (C=O) groups is 3. The van der Waals surface area contributed by atoms with E-state index in [4.69, 9.17) is 44.4 Å². The first-order valence-electron chi connectivity index (χ1n) is 21.1. The van der Waals surface area contributed by atoms with Crippen molar-refractivity contribution in [2.45, 2.75) is 122 Å². The maximum absolute atomic E-state index is 13.8. The molecule has 1 aliphatic rings. The standard InChI is InChI=1S/C47H58ClN5O11Si/c1-44(2,3)62-42(56)53(41(54)55)38-34-37(50-40(48)51-38)52(28-49-34)39-36(64-65(11,12)46(7,8)9)35(61-43(57)63-45(4,5)6)33(60-39)27-59-47(29-19-15-13-16-20-29,30-21-17-14-18-22-30)31-23-25-32(58-10)26-24-31/h13-26,28,33,35-36,39H,27H2,1-12H3,(H,54,55)/t33-,35+,36-,39-/m1/s1. The molecule has 16 nitrogen and oxygen atoms in total. The van der Waals surface area contributed by atoms with Crippen LogP contribution in [0.25, 0.3) is 11.2 Å². The lowest BCUT2D eigenvalue weighted by Gasteiger charge is -2.40. The number of amides is 2. The molecule has 3 heterocycles. The highest BCUT2D eigenvalue weighted by Gasteiger charge is 2.55. The average molecular weight is 933 g/mol. The second kappa shape index (κ2) is 18.7. The van der Waals surface area contributed by atoms with Crippen molar-refractivity contribution < 1.29 is 52.3 Å². The number of fused-ring (bicyclic) bond motifs is 1. The maximum atomic E-state index is 13.8. The fourth-order valence-corrected chi connectivity index (χ4v) is 8.59. The van der Waals surface area contributed by atoms with Gasteiger partial charge in [-0.05, 0) is 100 Å². The summed E-state index contributed by atoms with van der Waals surface area (Å²) in [6.45, 7) is 20.1. The molecule has 1 saturated heterocycles. The molecule has 0 spiro atoms. The number of carboxylic acid groups (broad SMARTS) is 1. The average Bonchev–Trinajstić information content (AvgIpc) is 3.77. The first kappa shape index (κ1) is 48.9. The summed E-state index contributed by atoms with van der Waals surface area (Å²) in [5, 5.41) is 9.55. The molecule has 0 unspecified atom stereocenters. The van der Waals surface area contributed by atoms with Crippen LogP contribution in [0.2, 0.25) is 23.4 Å². The van der Waals surface area contributed by atoms with E-state index in [1.165, 1.54) is 10.9 Å². The molecule has 2 amide bonds. The van der Waals surface area contributed by atoms with E-state index < -0.39 is 79.1 Å². The number of anilines is 1. The second-order valence-electron chi connectivity index (χ2n) is 19.1. The third-order valence-corrected chi connectivity index (χ3v) is 15.7. The minimum absolute atomic E-state index is 0.0117. The summed E-state index contributed by atoms with van der Waals surface area (Å²) < 4.78 is 45.9. The van der Waals surface area contributed by atoms with E-state index in [1.807, 2.05) is 98.0 Å². The zero-order valence-corrected chi connectivity index (χ0v) is 40.6. The molecule has 6 rings (SSSR count). The van der Waals surface area contributed by atoms with Gasteiger partial charge in [0.15, 0.2) is 37.6 Å². The molecule has 5 aromatic rings. The highest BCUT2D eigenvalue weighted by Crippen LogP contribution is 2.46. The molecule has 0 radical (unpaired) electrons. The molecule has 0 saturated carbocycles. The number of methoxy groups -OCH3 is 1. The third kappa shape index (κ3) is 10.8. The number of hydrogen-bond donors (Lipinski definition) is 1. The SMILES string of the molecule is COc1ccc(C(OC[C@H]2O[C@@H](n3cnc4c(N(C(=O)O)C(=O)OC(C)(C)C)nc(Cl)nc43)[C@H](O[Si](C)(C)C(C)(C)C)[C@H]2OC(=O)OC(C)(C)C)(c2ccccc2)c2ccccc2)cc1. The van der Waals surface area contributed by atoms with Crippen molar-refractivity contribution in [3.05, 3.63) is 113 Å². The van der Waals surface area contributed by atoms with Crippen molar-refractivity contribution >= 4 is 55.2 Å². The number of imidazole rings is 1. The van der Waals surface area contributed by atoms with Gasteiger partial charge in [0.25, 0.3) is 0 Å². The number of aromatic nitrogens is 4. The van der Waals surface area contributed by atoms with Crippen molar-refractivity contribution in [2.24, 2.45) is 0 Å². The smallest absolute Gasteiger partial charge is 0.497 e. The Hall–Kier alpha value is -5.59. The summed E-state index contributed by atoms with van der Waals surface area (Å²) >= 11 is 6.52. The fourth-order valence-electron chi connectivity index (χ4n) is 7.15. The van der Waals surface area contributed by atoms with Crippen LogP contribution in [0, 0.1) is 0 Å². The van der Waals surface area contributed by atoms with Crippen LogP contribution in [0.4, 0.5) is 20.2 Å². The van der Waals surface area contributed by atoms with Gasteiger partial charge in [0.2, 0.25) is 5.28 Å². The van der Waals surface area contributed by atoms with Crippen LogP contribution in [0.15, 0.2) is 91.3 Å². The molecular weight excluding hydrogens is 874 g/mol. The molecule has 0 bridgehead atoms. The van der Waals surface area contributed by atoms with Gasteiger partial charge >= 0.3 is 18.3 Å². The summed E-state index contributed by atoms with van der Waals surface area (Å²) in [5.74, 6) is 0.205. The fraction of sp³-hybridized carbons (Fsp3) is 0.447. The van der Waals surface area contributed by atoms with E-state index in [0.717, 1.165) is 16.7 Å². The van der Waals surface area contributed by atoms with E-state index in [9.17, 15) is 19.5 Å². The maximum Gasteiger partial charge on any atom is 0.509 e. The van der Waals surface area contributed by atoms with Crippen molar-refractivity contribution in [3.8, 4) is 5.75 Å². The van der Waals surface area contributed by atoms with Gasteiger partial charge in [0, 0.05) is 0 Å². The molecule has 3 aromatic carbocycles. The molecule has 65 heavy (non-hydrogen) atoms. The minimum Gasteiger partial charge on any atom is -0.497 e. The van der Waals surface area contributed by atoms with Crippen molar-refractivity contribution in [1.29, 1.82) is 0 Å². The van der Waals surface area contributed by atoms with Crippen LogP contribution in [0.3, 0.4) is 0 Å². The zero-order chi connectivity index (χ0) is 47.7. The number of halogens is 1. The molecule has 4 atom stereocenters. The largest absolute Gasteiger partial charge is 0.509 e. The van der Waals surface area contributed by atoms with Crippen LogP contribution in [0.5, 0.6) is 5.75 Å². The highest BCUT2D eigenvalue weighted by molar-refractivity contribution is 6.74. The van der Waals surface area contributed by atoms with Gasteiger partial charge in [-0.25, -0.2) is 19.4 Å². The summed E-state index contributed by atoms with van der Waals surface area (Å²) in [6, 6.07) is 27.1. The first-order chi connectivity index (χ1) is 30.3. The lowest BCUT2D eigenvalue weighted by molar-refractivity contribution is -0.103. The summed E-state index contributed by atoms with van der Waals surface area (Å²) in [5.41, 5.74) is -0.974. The molecule has 2 aromatic heterocycles. The Bertz CT molecular complexity index is 2430. The second-order valence-corrected chi connectivity index (χ2v) is 24.2. The lowest BCUT2D eigenvalue weighted by Crippen LogP contribution is -2.50. The Balaban J connectivity index is 1.54. The highest BCUT2D eigenvalue weighted by atomic mass is 35.5. The lowest BCUT2D eigenvalue weighted by atomic mass is 9.80. The van der Waals surface area contributed by atoms with Gasteiger partial charge in [0.05, 0.1) is 20.0 Å². The summed E-state index contributed by atoms with van der Waals surface area (Å²) in [7, 11) is -1.19. The molecule has 0 aliphatic carbocycles. The van der Waals surface area contributed by atoms with E-state index >= 15 is 0 Å². The number of ether oxygens (including phenoxy) is 6. The van der Waals surface area contributed by atoms with Crippen molar-refractivity contribution in [1.82, 2.24) is 19.5 Å². The van der Waals surface area contributed by atoms with E-state index in [-0.39, 0.29) is 22.8 Å². The van der Waals surface area contributed by atoms with Gasteiger partial charge < -0.3 is 38.0 Å². The number of benzene rings is 3. The van der Waals surface area contributed by atoms with Gasteiger partial charge in [0.1, 0.15) is 34.8 Å². The zero-order valence-electron chi connectivity index (χ0n) is 38.8.